The van der Waals surface area contributed by atoms with Crippen molar-refractivity contribution in [2.75, 3.05) is 19.8 Å². The maximum atomic E-state index is 12.4. The van der Waals surface area contributed by atoms with Gasteiger partial charge in [0.25, 0.3) is 0 Å². The van der Waals surface area contributed by atoms with Gasteiger partial charge < -0.3 is 34.1 Å². The van der Waals surface area contributed by atoms with Crippen LogP contribution >= 0.6 is 0 Å². The first-order valence-electron chi connectivity index (χ1n) is 15.2. The molecule has 0 saturated heterocycles. The minimum Gasteiger partial charge on any atom is -0.480 e. The Balaban J connectivity index is 2.04. The number of carboxylic acid groups (broad SMARTS) is 1. The predicted molar refractivity (Wildman–Crippen MR) is 155 cm³/mol. The van der Waals surface area contributed by atoms with Crippen LogP contribution in [-0.2, 0) is 30.2 Å². The molecule has 2 atom stereocenters. The fourth-order valence-corrected chi connectivity index (χ4v) is 4.56. The topological polar surface area (TPSA) is 147 Å². The van der Waals surface area contributed by atoms with Crippen molar-refractivity contribution in [2.45, 2.75) is 110 Å². The van der Waals surface area contributed by atoms with Gasteiger partial charge in [0.05, 0.1) is 19.1 Å². The highest BCUT2D eigenvalue weighted by atomic mass is 16.7. The van der Waals surface area contributed by atoms with E-state index >= 15 is 0 Å². The number of aliphatic carboxylic acids is 1. The van der Waals surface area contributed by atoms with Gasteiger partial charge >= 0.3 is 24.2 Å². The molecule has 0 amide bonds. The van der Waals surface area contributed by atoms with Crippen LogP contribution in [0.3, 0.4) is 0 Å². The predicted octanol–water partition coefficient (Wildman–Crippen LogP) is 6.20. The lowest BCUT2D eigenvalue weighted by molar-refractivity contribution is -0.154. The van der Waals surface area contributed by atoms with Crippen LogP contribution in [0.15, 0.2) is 18.2 Å². The van der Waals surface area contributed by atoms with Crippen LogP contribution in [0.25, 0.3) is 0 Å². The lowest BCUT2D eigenvalue weighted by Gasteiger charge is -2.23. The molecule has 0 heterocycles. The maximum absolute atomic E-state index is 12.4. The van der Waals surface area contributed by atoms with E-state index in [0.717, 1.165) is 57.8 Å². The van der Waals surface area contributed by atoms with Crippen LogP contribution in [0.2, 0.25) is 0 Å². The zero-order chi connectivity index (χ0) is 30.7. The Hall–Kier alpha value is -3.34. The monoisotopic (exact) mass is 593 g/mol. The van der Waals surface area contributed by atoms with Gasteiger partial charge in [0.2, 0.25) is 0 Å². The van der Waals surface area contributed by atoms with Gasteiger partial charge in [-0.25, -0.2) is 9.59 Å². The average molecular weight is 594 g/mol. The molecule has 1 aliphatic carbocycles. The highest BCUT2D eigenvalue weighted by Gasteiger charge is 2.26. The van der Waals surface area contributed by atoms with Gasteiger partial charge in [-0.2, -0.15) is 0 Å². The van der Waals surface area contributed by atoms with Gasteiger partial charge in [0, 0.05) is 6.54 Å². The first-order chi connectivity index (χ1) is 20.2. The van der Waals surface area contributed by atoms with Gasteiger partial charge in [-0.3, -0.25) is 9.59 Å². The Bertz CT molecular complexity index is 992. The van der Waals surface area contributed by atoms with Gasteiger partial charge in [0.15, 0.2) is 11.5 Å². The zero-order valence-corrected chi connectivity index (χ0v) is 25.2. The Labute approximate surface area is 248 Å². The van der Waals surface area contributed by atoms with E-state index in [1.165, 1.54) is 12.1 Å². The van der Waals surface area contributed by atoms with Crippen LogP contribution in [-0.4, -0.2) is 61.3 Å². The summed E-state index contributed by atoms with van der Waals surface area (Å²) in [5, 5.41) is 12.8. The normalized spacial score (nSPS) is 14.8. The number of esters is 1. The number of hydrogen-bond acceptors (Lipinski definition) is 10. The number of ether oxygens (including phenoxy) is 5. The van der Waals surface area contributed by atoms with Gasteiger partial charge in [-0.15, -0.1) is 0 Å². The summed E-state index contributed by atoms with van der Waals surface area (Å²) >= 11 is 0. The largest absolute Gasteiger partial charge is 0.513 e. The van der Waals surface area contributed by atoms with Crippen molar-refractivity contribution in [1.29, 1.82) is 0 Å². The molecule has 1 aromatic rings. The fraction of sp³-hybridized carbons (Fsp3) is 0.677. The molecule has 1 aliphatic rings. The molecule has 42 heavy (non-hydrogen) atoms. The van der Waals surface area contributed by atoms with E-state index in [1.807, 2.05) is 13.8 Å². The fourth-order valence-electron chi connectivity index (χ4n) is 4.56. The van der Waals surface area contributed by atoms with Crippen LogP contribution in [0.4, 0.5) is 9.59 Å². The molecule has 1 saturated carbocycles. The quantitative estimate of drug-likeness (QED) is 0.0868. The van der Waals surface area contributed by atoms with E-state index in [0.29, 0.717) is 18.4 Å². The van der Waals surface area contributed by atoms with Crippen molar-refractivity contribution in [3.63, 3.8) is 0 Å². The number of hydrogen-bond donors (Lipinski definition) is 2. The lowest BCUT2D eigenvalue weighted by atomic mass is 9.89. The Kier molecular flexibility index (Phi) is 16.4. The maximum Gasteiger partial charge on any atom is 0.513 e. The zero-order valence-electron chi connectivity index (χ0n) is 25.2. The number of carbonyl (C=O) groups is 4. The summed E-state index contributed by atoms with van der Waals surface area (Å²) in [6, 6.07) is 3.39. The molecule has 0 bridgehead atoms. The first-order valence-corrected chi connectivity index (χ1v) is 15.2. The lowest BCUT2D eigenvalue weighted by Crippen LogP contribution is -2.43. The molecule has 1 fully saturated rings. The number of carbonyl (C=O) groups excluding carboxylic acids is 3. The minimum absolute atomic E-state index is 0.0161. The van der Waals surface area contributed by atoms with Crippen LogP contribution in [0.5, 0.6) is 11.5 Å². The molecule has 0 spiro atoms. The highest BCUT2D eigenvalue weighted by molar-refractivity contribution is 5.74. The second kappa shape index (κ2) is 19.7. The average Bonchev–Trinajstić information content (AvgIpc) is 2.97. The van der Waals surface area contributed by atoms with Crippen molar-refractivity contribution >= 4 is 24.2 Å². The number of carboxylic acids is 1. The summed E-state index contributed by atoms with van der Waals surface area (Å²) in [5.41, 5.74) is 0.499. The van der Waals surface area contributed by atoms with E-state index in [4.69, 9.17) is 23.7 Å². The van der Waals surface area contributed by atoms with Gasteiger partial charge in [-0.05, 0) is 56.7 Å². The molecule has 236 valence electrons. The molecular formula is C31H47NO10. The van der Waals surface area contributed by atoms with E-state index in [1.54, 1.807) is 13.0 Å². The number of unbranched alkanes of at least 4 members (excludes halogenated alkanes) is 4. The molecule has 2 N–H and O–H groups in total. The van der Waals surface area contributed by atoms with Crippen LogP contribution < -0.4 is 14.8 Å². The smallest absolute Gasteiger partial charge is 0.480 e. The third kappa shape index (κ3) is 13.5. The van der Waals surface area contributed by atoms with Crippen molar-refractivity contribution in [3.8, 4) is 11.5 Å². The molecule has 0 aromatic heterocycles. The summed E-state index contributed by atoms with van der Waals surface area (Å²) in [6.45, 7) is 6.30. The molecule has 11 nitrogen and oxygen atoms in total. The summed E-state index contributed by atoms with van der Waals surface area (Å²) in [6.07, 6.45) is 7.49. The van der Waals surface area contributed by atoms with Crippen molar-refractivity contribution in [3.05, 3.63) is 23.8 Å². The van der Waals surface area contributed by atoms with E-state index in [-0.39, 0.29) is 49.6 Å². The van der Waals surface area contributed by atoms with Crippen LogP contribution in [0.1, 0.15) is 97.0 Å². The standard InChI is InChI=1S/C31H47NO10/c1-4-6-11-17-38-30(36)41-26-16-15-23(20-27(26)42-31(37)39-18-12-7-5-2)19-25(28(33)34)32-21-22(3)40-29(35)24-13-9-8-10-14-24/h15-16,20,22,24-25,32H,4-14,17-19,21H2,1-3H3,(H,33,34)/t22?,25-/m0/s1. The summed E-state index contributed by atoms with van der Waals surface area (Å²) < 4.78 is 26.4. The number of rotatable bonds is 18. The Morgan fingerprint density at radius 2 is 1.48 bits per heavy atom. The Morgan fingerprint density at radius 3 is 2.05 bits per heavy atom. The van der Waals surface area contributed by atoms with E-state index < -0.39 is 30.4 Å². The molecular weight excluding hydrogens is 546 g/mol. The molecule has 1 aromatic carbocycles. The minimum atomic E-state index is -1.10. The SMILES string of the molecule is CCCCCOC(=O)Oc1ccc(C[C@H](NCC(C)OC(=O)C2CCCCC2)C(=O)O)cc1OC(=O)OCCCCC. The third-order valence-corrected chi connectivity index (χ3v) is 6.98. The van der Waals surface area contributed by atoms with E-state index in [9.17, 15) is 24.3 Å². The van der Waals surface area contributed by atoms with Crippen LogP contribution in [0, 0.1) is 5.92 Å². The van der Waals surface area contributed by atoms with E-state index in [2.05, 4.69) is 5.32 Å². The van der Waals surface area contributed by atoms with Gasteiger partial charge in [0.1, 0.15) is 12.1 Å². The van der Waals surface area contributed by atoms with Crippen molar-refractivity contribution in [1.82, 2.24) is 5.32 Å². The molecule has 0 aliphatic heterocycles. The van der Waals surface area contributed by atoms with Crippen molar-refractivity contribution < 1.29 is 48.0 Å². The summed E-state index contributed by atoms with van der Waals surface area (Å²) in [5.74, 6) is -1.60. The molecule has 11 heteroatoms. The molecule has 0 radical (unpaired) electrons. The first kappa shape index (κ1) is 34.9. The second-order valence-electron chi connectivity index (χ2n) is 10.7. The highest BCUT2D eigenvalue weighted by Crippen LogP contribution is 2.30. The second-order valence-corrected chi connectivity index (χ2v) is 10.7. The molecule has 1 unspecified atom stereocenters. The Morgan fingerprint density at radius 1 is 0.881 bits per heavy atom. The summed E-state index contributed by atoms with van der Waals surface area (Å²) in [4.78, 5) is 49.0. The molecule has 2 rings (SSSR count). The third-order valence-electron chi connectivity index (χ3n) is 6.98. The summed E-state index contributed by atoms with van der Waals surface area (Å²) in [7, 11) is 0. The number of benzene rings is 1. The van der Waals surface area contributed by atoms with Crippen molar-refractivity contribution in [2.24, 2.45) is 5.92 Å². The van der Waals surface area contributed by atoms with Gasteiger partial charge in [-0.1, -0.05) is 64.9 Å². The number of nitrogens with one attached hydrogen (secondary N) is 1.